The van der Waals surface area contributed by atoms with Crippen molar-refractivity contribution in [2.24, 2.45) is 8.13 Å². The van der Waals surface area contributed by atoms with E-state index in [0.717, 1.165) is 0 Å². The minimum Gasteiger partial charge on any atom is -0.216 e. The monoisotopic (exact) mass is 158 g/mol. The Kier molecular flexibility index (Phi) is 2.77. The zero-order valence-electron chi connectivity index (χ0n) is 3.91. The average Bonchev–Trinajstić information content (AvgIpc) is 1.59. The normalized spacial score (nSPS) is 10.2. The highest BCUT2D eigenvalue weighted by Crippen LogP contribution is 1.88. The number of nitrogens with zero attached hydrogens (tertiary/aromatic N) is 2. The van der Waals surface area contributed by atoms with Gasteiger partial charge in [-0.1, -0.05) is 7.65 Å². The van der Waals surface area contributed by atoms with Crippen LogP contribution >= 0.6 is 0 Å². The van der Waals surface area contributed by atoms with E-state index in [0.29, 0.717) is 11.4 Å². The maximum Gasteiger partial charge on any atom is 0.429 e. The van der Waals surface area contributed by atoms with E-state index in [1.807, 2.05) is 0 Å². The molecule has 7 heteroatoms. The fourth-order valence-corrected chi connectivity index (χ4v) is 0.658. The van der Waals surface area contributed by atoms with Crippen molar-refractivity contribution in [3.8, 4) is 0 Å². The van der Waals surface area contributed by atoms with Gasteiger partial charge in [-0.2, -0.15) is 8.42 Å². The van der Waals surface area contributed by atoms with Crippen LogP contribution in [0.4, 0.5) is 3.89 Å². The molecule has 0 saturated heterocycles. The van der Waals surface area contributed by atoms with E-state index in [9.17, 15) is 12.3 Å². The molecule has 0 aliphatic carbocycles. The summed E-state index contributed by atoms with van der Waals surface area (Å²) in [6.07, 6.45) is 0. The molecule has 0 fully saturated rings. The van der Waals surface area contributed by atoms with Crippen LogP contribution in [-0.4, -0.2) is 15.5 Å². The second kappa shape index (κ2) is 2.88. The first-order valence-corrected chi connectivity index (χ1v) is 3.55. The second-order valence-electron chi connectivity index (χ2n) is 0.751. The molecule has 0 aromatic heterocycles. The molecule has 0 heterocycles. The Hall–Kier alpha value is -0.300. The van der Waals surface area contributed by atoms with Crippen molar-refractivity contribution in [2.75, 3.05) is 7.05 Å². The molecule has 0 spiro atoms. The van der Waals surface area contributed by atoms with Crippen molar-refractivity contribution < 1.29 is 12.3 Å². The summed E-state index contributed by atoms with van der Waals surface area (Å²) in [5, 5.41) is 0. The molecule has 48 valence electrons. The van der Waals surface area contributed by atoms with Crippen molar-refractivity contribution in [3.05, 3.63) is 0 Å². The molecular weight excluding hydrogens is 155 g/mol. The lowest BCUT2D eigenvalue weighted by Gasteiger charge is -1.68. The minimum atomic E-state index is -4.69. The molecule has 8 heavy (non-hydrogen) atoms. The maximum atomic E-state index is 11.3. The van der Waals surface area contributed by atoms with Gasteiger partial charge < -0.3 is 0 Å². The highest BCUT2D eigenvalue weighted by atomic mass is 32.3. The van der Waals surface area contributed by atoms with E-state index >= 15 is 0 Å². The molecule has 0 aliphatic heterocycles. The zero-order chi connectivity index (χ0) is 6.62. The lowest BCUT2D eigenvalue weighted by Crippen LogP contribution is -1.77. The number of hydrogen-bond donors (Lipinski definition) is 0. The molecule has 0 rings (SSSR count). The standard InChI is InChI=1S/CH3FN2O2S2/c1-3-7-4-8(2,5)6/h1H3. The molecule has 0 amide bonds. The topological polar surface area (TPSA) is 58.9 Å². The van der Waals surface area contributed by atoms with Gasteiger partial charge in [-0.25, -0.2) is 4.36 Å². The third-order valence-corrected chi connectivity index (χ3v) is 1.35. The van der Waals surface area contributed by atoms with Gasteiger partial charge in [-0.15, -0.1) is 0 Å². The first kappa shape index (κ1) is 7.70. The summed E-state index contributed by atoms with van der Waals surface area (Å²) in [5.41, 5.74) is 0. The van der Waals surface area contributed by atoms with Crippen molar-refractivity contribution in [1.82, 2.24) is 0 Å². The van der Waals surface area contributed by atoms with Crippen LogP contribution in [0, 0.1) is 0 Å². The summed E-state index contributed by atoms with van der Waals surface area (Å²) in [6, 6.07) is 0. The average molecular weight is 158 g/mol. The summed E-state index contributed by atoms with van der Waals surface area (Å²) in [6.45, 7) is 0. The molecule has 0 atom stereocenters. The van der Waals surface area contributed by atoms with E-state index in [2.05, 4.69) is 8.13 Å². The zero-order valence-corrected chi connectivity index (χ0v) is 5.54. The van der Waals surface area contributed by atoms with Gasteiger partial charge in [0.2, 0.25) is 0 Å². The Morgan fingerprint density at radius 3 is 2.25 bits per heavy atom. The van der Waals surface area contributed by atoms with Crippen LogP contribution in [-0.2, 0) is 21.8 Å². The molecule has 0 aromatic rings. The number of halogens is 1. The predicted octanol–water partition coefficient (Wildman–Crippen LogP) is 0.280. The molecule has 0 aliphatic rings. The van der Waals surface area contributed by atoms with Crippen LogP contribution in [0.5, 0.6) is 0 Å². The van der Waals surface area contributed by atoms with Gasteiger partial charge in [0.15, 0.2) is 0 Å². The predicted molar refractivity (Wildman–Crippen MR) is 28.2 cm³/mol. The van der Waals surface area contributed by atoms with Crippen LogP contribution < -0.4 is 0 Å². The molecule has 0 radical (unpaired) electrons. The van der Waals surface area contributed by atoms with E-state index in [4.69, 9.17) is 0 Å². The molecule has 0 saturated carbocycles. The SMILES string of the molecule is CN=S=NS(=O)(=O)F. The first-order valence-electron chi connectivity index (χ1n) is 1.48. The Labute approximate surface area is 50.0 Å². The quantitative estimate of drug-likeness (QED) is 0.514. The summed E-state index contributed by atoms with van der Waals surface area (Å²) in [5.74, 6) is 0. The highest BCUT2D eigenvalue weighted by Gasteiger charge is 1.97. The van der Waals surface area contributed by atoms with Crippen LogP contribution in [0.1, 0.15) is 0 Å². The van der Waals surface area contributed by atoms with Gasteiger partial charge in [0, 0.05) is 7.05 Å². The largest absolute Gasteiger partial charge is 0.429 e. The molecule has 0 N–H and O–H groups in total. The van der Waals surface area contributed by atoms with Crippen molar-refractivity contribution >= 4 is 21.8 Å². The molecule has 0 unspecified atom stereocenters. The van der Waals surface area contributed by atoms with Crippen molar-refractivity contribution in [2.45, 2.75) is 0 Å². The molecular formula is CH3FN2O2S2. The third-order valence-electron chi connectivity index (χ3n) is 0.204. The van der Waals surface area contributed by atoms with Gasteiger partial charge in [0.1, 0.15) is 0 Å². The molecule has 4 nitrogen and oxygen atoms in total. The van der Waals surface area contributed by atoms with Crippen LogP contribution in [0.2, 0.25) is 0 Å². The van der Waals surface area contributed by atoms with Crippen molar-refractivity contribution in [3.63, 3.8) is 0 Å². The highest BCUT2D eigenvalue weighted by molar-refractivity contribution is 7.89. The van der Waals surface area contributed by atoms with Gasteiger partial charge in [0.05, 0.1) is 11.4 Å². The van der Waals surface area contributed by atoms with Crippen LogP contribution in [0.3, 0.4) is 0 Å². The smallest absolute Gasteiger partial charge is 0.216 e. The van der Waals surface area contributed by atoms with E-state index in [-0.39, 0.29) is 0 Å². The van der Waals surface area contributed by atoms with Crippen LogP contribution in [0.25, 0.3) is 0 Å². The Balaban J connectivity index is 4.37. The second-order valence-corrected chi connectivity index (χ2v) is 2.70. The summed E-state index contributed by atoms with van der Waals surface area (Å²) >= 11 is 0.302. The fourth-order valence-electron chi connectivity index (χ4n) is 0.0731. The Bertz CT molecular complexity index is 212. The van der Waals surface area contributed by atoms with Gasteiger partial charge in [-0.3, -0.25) is 0 Å². The maximum absolute atomic E-state index is 11.3. The lowest BCUT2D eigenvalue weighted by atomic mass is 11.6. The van der Waals surface area contributed by atoms with E-state index in [1.54, 1.807) is 0 Å². The third kappa shape index (κ3) is 5.70. The van der Waals surface area contributed by atoms with Crippen LogP contribution in [0.15, 0.2) is 8.13 Å². The number of rotatable bonds is 1. The van der Waals surface area contributed by atoms with Crippen molar-refractivity contribution in [1.29, 1.82) is 0 Å². The van der Waals surface area contributed by atoms with E-state index in [1.165, 1.54) is 7.05 Å². The van der Waals surface area contributed by atoms with Gasteiger partial charge in [-0.05, 0) is 0 Å². The first-order chi connectivity index (χ1) is 3.56. The summed E-state index contributed by atoms with van der Waals surface area (Å²) in [7, 11) is -3.39. The Morgan fingerprint density at radius 1 is 1.62 bits per heavy atom. The number of hydrogen-bond acceptors (Lipinski definition) is 3. The van der Waals surface area contributed by atoms with Gasteiger partial charge in [0.25, 0.3) is 0 Å². The van der Waals surface area contributed by atoms with Gasteiger partial charge >= 0.3 is 10.4 Å². The molecule has 0 bridgehead atoms. The molecule has 0 aromatic carbocycles. The van der Waals surface area contributed by atoms with E-state index < -0.39 is 10.4 Å². The minimum absolute atomic E-state index is 0.302. The fraction of sp³-hybridized carbons (Fsp3) is 1.00. The summed E-state index contributed by atoms with van der Waals surface area (Å²) < 4.78 is 35.8. The summed E-state index contributed by atoms with van der Waals surface area (Å²) in [4.78, 5) is 0. The Morgan fingerprint density at radius 2 is 2.12 bits per heavy atom. The lowest BCUT2D eigenvalue weighted by molar-refractivity contribution is 0.555.